The maximum atomic E-state index is 12.9. The van der Waals surface area contributed by atoms with E-state index < -0.39 is 5.97 Å². The molecule has 0 aliphatic carbocycles. The predicted octanol–water partition coefficient (Wildman–Crippen LogP) is 5.66. The number of esters is 1. The lowest BCUT2D eigenvalue weighted by molar-refractivity contribution is 0.0731. The molecule has 0 amide bonds. The highest BCUT2D eigenvalue weighted by Gasteiger charge is 2.21. The van der Waals surface area contributed by atoms with E-state index in [-0.39, 0.29) is 11.5 Å². The van der Waals surface area contributed by atoms with Crippen LogP contribution in [0.4, 0.5) is 0 Å². The van der Waals surface area contributed by atoms with E-state index in [1.165, 1.54) is 0 Å². The van der Waals surface area contributed by atoms with E-state index in [9.17, 15) is 9.59 Å². The number of rotatable bonds is 4. The maximum Gasteiger partial charge on any atom is 0.343 e. The van der Waals surface area contributed by atoms with Gasteiger partial charge in [-0.05, 0) is 40.2 Å². The normalized spacial score (nSPS) is 10.3. The van der Waals surface area contributed by atoms with Crippen LogP contribution in [0.2, 0.25) is 0 Å². The Kier molecular flexibility index (Phi) is 5.46. The number of carbonyl (C=O) groups excluding carboxylic acids is 2. The Morgan fingerprint density at radius 1 is 0.760 bits per heavy atom. The van der Waals surface area contributed by atoms with Crippen LogP contribution in [0.5, 0.6) is 5.75 Å². The summed E-state index contributed by atoms with van der Waals surface area (Å²) in [7, 11) is 0. The maximum absolute atomic E-state index is 12.9. The number of carbonyl (C=O) groups is 2. The van der Waals surface area contributed by atoms with Crippen molar-refractivity contribution in [3.05, 3.63) is 98.4 Å². The zero-order valence-corrected chi connectivity index (χ0v) is 16.1. The Morgan fingerprint density at radius 2 is 1.32 bits per heavy atom. The lowest BCUT2D eigenvalue weighted by Gasteiger charge is -2.12. The van der Waals surface area contributed by atoms with Crippen molar-refractivity contribution in [1.29, 1.82) is 0 Å². The minimum atomic E-state index is -0.522. The zero-order valence-electron chi connectivity index (χ0n) is 12.9. The fraction of sp³-hybridized carbons (Fsp3) is 0. The second kappa shape index (κ2) is 7.76. The van der Waals surface area contributed by atoms with Crippen LogP contribution >= 0.6 is 31.9 Å². The standard InChI is InChI=1S/C20H12Br2O3/c21-15-11-16(18(23)13-7-3-1-4-8-13)19(17(22)12-15)25-20(24)14-9-5-2-6-10-14/h1-12H. The predicted molar refractivity (Wildman–Crippen MR) is 103 cm³/mol. The van der Waals surface area contributed by atoms with E-state index in [4.69, 9.17) is 4.74 Å². The van der Waals surface area contributed by atoms with Gasteiger partial charge in [-0.25, -0.2) is 4.79 Å². The Hall–Kier alpha value is -2.24. The summed E-state index contributed by atoms with van der Waals surface area (Å²) in [6.07, 6.45) is 0. The third-order valence-electron chi connectivity index (χ3n) is 3.49. The van der Waals surface area contributed by atoms with Gasteiger partial charge in [0.2, 0.25) is 0 Å². The fourth-order valence-corrected chi connectivity index (χ4v) is 3.61. The molecule has 25 heavy (non-hydrogen) atoms. The summed E-state index contributed by atoms with van der Waals surface area (Å²) >= 11 is 6.76. The van der Waals surface area contributed by atoms with Gasteiger partial charge < -0.3 is 4.74 Å². The van der Waals surface area contributed by atoms with Crippen LogP contribution in [-0.2, 0) is 0 Å². The Labute approximate surface area is 161 Å². The molecule has 0 spiro atoms. The summed E-state index contributed by atoms with van der Waals surface area (Å²) in [5.74, 6) is -0.546. The summed E-state index contributed by atoms with van der Waals surface area (Å²) in [4.78, 5) is 25.3. The highest BCUT2D eigenvalue weighted by atomic mass is 79.9. The molecular weight excluding hydrogens is 448 g/mol. The van der Waals surface area contributed by atoms with E-state index in [2.05, 4.69) is 31.9 Å². The van der Waals surface area contributed by atoms with Gasteiger partial charge in [-0.15, -0.1) is 0 Å². The van der Waals surface area contributed by atoms with Gasteiger partial charge in [0.25, 0.3) is 0 Å². The third kappa shape index (κ3) is 4.06. The fourth-order valence-electron chi connectivity index (χ4n) is 2.30. The summed E-state index contributed by atoms with van der Waals surface area (Å²) in [5.41, 5.74) is 1.23. The molecule has 0 unspecified atom stereocenters. The van der Waals surface area contributed by atoms with Gasteiger partial charge in [-0.1, -0.05) is 64.5 Å². The molecule has 0 aromatic heterocycles. The van der Waals surface area contributed by atoms with Gasteiger partial charge in [0.1, 0.15) is 0 Å². The number of halogens is 2. The van der Waals surface area contributed by atoms with Crippen LogP contribution < -0.4 is 4.74 Å². The second-order valence-electron chi connectivity index (χ2n) is 5.21. The first kappa shape index (κ1) is 17.6. The number of hydrogen-bond acceptors (Lipinski definition) is 3. The Bertz CT molecular complexity index is 922. The highest BCUT2D eigenvalue weighted by Crippen LogP contribution is 2.35. The van der Waals surface area contributed by atoms with Gasteiger partial charge in [0.15, 0.2) is 11.5 Å². The minimum Gasteiger partial charge on any atom is -0.421 e. The molecule has 0 saturated heterocycles. The topological polar surface area (TPSA) is 43.4 Å². The van der Waals surface area contributed by atoms with Crippen LogP contribution in [0.25, 0.3) is 0 Å². The molecule has 3 nitrogen and oxygen atoms in total. The van der Waals surface area contributed by atoms with Gasteiger partial charge in [-0.2, -0.15) is 0 Å². The molecule has 0 aliphatic heterocycles. The van der Waals surface area contributed by atoms with Gasteiger partial charge >= 0.3 is 5.97 Å². The zero-order chi connectivity index (χ0) is 17.8. The molecule has 0 atom stereocenters. The smallest absolute Gasteiger partial charge is 0.343 e. The molecule has 3 rings (SSSR count). The van der Waals surface area contributed by atoms with Crippen molar-refractivity contribution >= 4 is 43.6 Å². The van der Waals surface area contributed by atoms with Crippen molar-refractivity contribution in [2.45, 2.75) is 0 Å². The van der Waals surface area contributed by atoms with E-state index in [0.717, 1.165) is 0 Å². The van der Waals surface area contributed by atoms with Crippen molar-refractivity contribution in [1.82, 2.24) is 0 Å². The first-order chi connectivity index (χ1) is 12.1. The quantitative estimate of drug-likeness (QED) is 0.287. The molecule has 5 heteroatoms. The largest absolute Gasteiger partial charge is 0.421 e. The van der Waals surface area contributed by atoms with E-state index in [1.54, 1.807) is 60.7 Å². The Morgan fingerprint density at radius 3 is 1.92 bits per heavy atom. The number of ketones is 1. The first-order valence-corrected chi connectivity index (χ1v) is 9.01. The van der Waals surface area contributed by atoms with Crippen LogP contribution in [0, 0.1) is 0 Å². The van der Waals surface area contributed by atoms with Crippen LogP contribution in [-0.4, -0.2) is 11.8 Å². The molecule has 124 valence electrons. The van der Waals surface area contributed by atoms with Crippen molar-refractivity contribution in [3.8, 4) is 5.75 Å². The monoisotopic (exact) mass is 458 g/mol. The van der Waals surface area contributed by atoms with E-state index >= 15 is 0 Å². The van der Waals surface area contributed by atoms with Crippen molar-refractivity contribution in [2.75, 3.05) is 0 Å². The molecular formula is C20H12Br2O3. The average molecular weight is 460 g/mol. The molecule has 0 N–H and O–H groups in total. The molecule has 3 aromatic rings. The molecule has 0 saturated carbocycles. The summed E-state index contributed by atoms with van der Waals surface area (Å²) in [5, 5.41) is 0. The van der Waals surface area contributed by atoms with Crippen LogP contribution in [0.1, 0.15) is 26.3 Å². The van der Waals surface area contributed by atoms with Crippen LogP contribution in [0.15, 0.2) is 81.7 Å². The van der Waals surface area contributed by atoms with Crippen molar-refractivity contribution in [2.24, 2.45) is 0 Å². The van der Waals surface area contributed by atoms with Crippen molar-refractivity contribution < 1.29 is 14.3 Å². The SMILES string of the molecule is O=C(Oc1c(Br)cc(Br)cc1C(=O)c1ccccc1)c1ccccc1. The molecule has 0 aliphatic rings. The summed E-state index contributed by atoms with van der Waals surface area (Å²) in [6.45, 7) is 0. The Balaban J connectivity index is 2.02. The molecule has 0 radical (unpaired) electrons. The minimum absolute atomic E-state index is 0.200. The number of ether oxygens (including phenoxy) is 1. The van der Waals surface area contributed by atoms with Crippen molar-refractivity contribution in [3.63, 3.8) is 0 Å². The van der Waals surface area contributed by atoms with Gasteiger partial charge in [-0.3, -0.25) is 4.79 Å². The number of hydrogen-bond donors (Lipinski definition) is 0. The highest BCUT2D eigenvalue weighted by molar-refractivity contribution is 9.11. The van der Waals surface area contributed by atoms with Gasteiger partial charge in [0.05, 0.1) is 15.6 Å². The molecule has 0 fully saturated rings. The third-order valence-corrected chi connectivity index (χ3v) is 4.54. The lowest BCUT2D eigenvalue weighted by atomic mass is 10.0. The molecule has 3 aromatic carbocycles. The van der Waals surface area contributed by atoms with E-state index in [0.29, 0.717) is 25.6 Å². The summed E-state index contributed by atoms with van der Waals surface area (Å²) in [6, 6.07) is 20.9. The lowest BCUT2D eigenvalue weighted by Crippen LogP contribution is -2.12. The summed E-state index contributed by atoms with van der Waals surface area (Å²) < 4.78 is 6.76. The van der Waals surface area contributed by atoms with E-state index in [1.807, 2.05) is 12.1 Å². The molecule has 0 heterocycles. The first-order valence-electron chi connectivity index (χ1n) is 7.42. The second-order valence-corrected chi connectivity index (χ2v) is 6.99. The average Bonchev–Trinajstić information content (AvgIpc) is 2.64. The molecule has 0 bridgehead atoms. The van der Waals surface area contributed by atoms with Gasteiger partial charge in [0, 0.05) is 10.0 Å². The number of benzene rings is 3. The van der Waals surface area contributed by atoms with Crippen LogP contribution in [0.3, 0.4) is 0 Å².